The molecule has 0 radical (unpaired) electrons. The van der Waals surface area contributed by atoms with Crippen LogP contribution in [0.5, 0.6) is 5.75 Å². The van der Waals surface area contributed by atoms with Gasteiger partial charge in [-0.05, 0) is 49.4 Å². The number of rotatable bonds is 4. The Morgan fingerprint density at radius 2 is 2.22 bits per heavy atom. The SMILES string of the molecule is CCc1cc(F)c(OC)c(CC2CCCCN2)c1. The summed E-state index contributed by atoms with van der Waals surface area (Å²) in [6, 6.07) is 4.12. The van der Waals surface area contributed by atoms with Crippen molar-refractivity contribution in [2.45, 2.75) is 45.1 Å². The molecule has 0 spiro atoms. The van der Waals surface area contributed by atoms with E-state index >= 15 is 0 Å². The second-order valence-corrected chi connectivity index (χ2v) is 4.97. The van der Waals surface area contributed by atoms with Crippen LogP contribution in [0.15, 0.2) is 12.1 Å². The Labute approximate surface area is 109 Å². The number of hydrogen-bond donors (Lipinski definition) is 1. The molecule has 0 aromatic heterocycles. The molecule has 2 rings (SSSR count). The third-order valence-electron chi connectivity index (χ3n) is 3.67. The van der Waals surface area contributed by atoms with Crippen molar-refractivity contribution in [2.24, 2.45) is 0 Å². The van der Waals surface area contributed by atoms with E-state index in [9.17, 15) is 4.39 Å². The van der Waals surface area contributed by atoms with Crippen LogP contribution in [0.2, 0.25) is 0 Å². The molecule has 0 saturated carbocycles. The van der Waals surface area contributed by atoms with Crippen molar-refractivity contribution in [1.82, 2.24) is 5.32 Å². The average Bonchev–Trinajstić information content (AvgIpc) is 2.39. The van der Waals surface area contributed by atoms with Crippen molar-refractivity contribution in [3.05, 3.63) is 29.1 Å². The van der Waals surface area contributed by atoms with Crippen LogP contribution >= 0.6 is 0 Å². The quantitative estimate of drug-likeness (QED) is 0.888. The highest BCUT2D eigenvalue weighted by molar-refractivity contribution is 5.39. The van der Waals surface area contributed by atoms with E-state index in [0.717, 1.165) is 30.5 Å². The van der Waals surface area contributed by atoms with Crippen molar-refractivity contribution >= 4 is 0 Å². The molecule has 100 valence electrons. The number of ether oxygens (including phenoxy) is 1. The van der Waals surface area contributed by atoms with Crippen LogP contribution in [0, 0.1) is 5.82 Å². The smallest absolute Gasteiger partial charge is 0.165 e. The van der Waals surface area contributed by atoms with Crippen LogP contribution in [0.25, 0.3) is 0 Å². The summed E-state index contributed by atoms with van der Waals surface area (Å²) in [6.45, 7) is 3.12. The summed E-state index contributed by atoms with van der Waals surface area (Å²) < 4.78 is 19.1. The first-order valence-electron chi connectivity index (χ1n) is 6.83. The molecule has 1 fully saturated rings. The maximum atomic E-state index is 13.9. The van der Waals surface area contributed by atoms with Crippen LogP contribution in [-0.2, 0) is 12.8 Å². The fraction of sp³-hybridized carbons (Fsp3) is 0.600. The van der Waals surface area contributed by atoms with Gasteiger partial charge in [-0.25, -0.2) is 4.39 Å². The van der Waals surface area contributed by atoms with Gasteiger partial charge in [-0.15, -0.1) is 0 Å². The monoisotopic (exact) mass is 251 g/mol. The van der Waals surface area contributed by atoms with E-state index in [-0.39, 0.29) is 5.82 Å². The molecule has 1 unspecified atom stereocenters. The molecule has 18 heavy (non-hydrogen) atoms. The molecular formula is C15H22FNO. The van der Waals surface area contributed by atoms with Gasteiger partial charge in [-0.3, -0.25) is 0 Å². The van der Waals surface area contributed by atoms with Crippen LogP contribution in [-0.4, -0.2) is 19.7 Å². The van der Waals surface area contributed by atoms with Gasteiger partial charge in [0.25, 0.3) is 0 Å². The van der Waals surface area contributed by atoms with E-state index < -0.39 is 0 Å². The Balaban J connectivity index is 2.20. The molecule has 1 N–H and O–H groups in total. The predicted molar refractivity (Wildman–Crippen MR) is 71.7 cm³/mol. The fourth-order valence-corrected chi connectivity index (χ4v) is 2.66. The molecule has 1 aromatic carbocycles. The molecule has 1 saturated heterocycles. The highest BCUT2D eigenvalue weighted by Gasteiger charge is 2.18. The summed E-state index contributed by atoms with van der Waals surface area (Å²) >= 11 is 0. The van der Waals surface area contributed by atoms with E-state index in [2.05, 4.69) is 11.4 Å². The molecule has 1 aliphatic rings. The Hall–Kier alpha value is -1.09. The summed E-state index contributed by atoms with van der Waals surface area (Å²) in [5.41, 5.74) is 2.04. The minimum Gasteiger partial charge on any atom is -0.493 e. The topological polar surface area (TPSA) is 21.3 Å². The molecule has 0 bridgehead atoms. The largest absolute Gasteiger partial charge is 0.493 e. The van der Waals surface area contributed by atoms with Gasteiger partial charge in [0.2, 0.25) is 0 Å². The number of methoxy groups -OCH3 is 1. The molecule has 0 amide bonds. The lowest BCUT2D eigenvalue weighted by atomic mass is 9.95. The van der Waals surface area contributed by atoms with Gasteiger partial charge in [-0.1, -0.05) is 19.4 Å². The highest BCUT2D eigenvalue weighted by atomic mass is 19.1. The lowest BCUT2D eigenvalue weighted by Gasteiger charge is -2.24. The van der Waals surface area contributed by atoms with E-state index in [1.165, 1.54) is 19.3 Å². The molecule has 0 aliphatic carbocycles. The van der Waals surface area contributed by atoms with E-state index in [1.807, 2.05) is 6.92 Å². The lowest BCUT2D eigenvalue weighted by Crippen LogP contribution is -2.35. The summed E-state index contributed by atoms with van der Waals surface area (Å²) in [6.07, 6.45) is 5.38. The third kappa shape index (κ3) is 3.02. The summed E-state index contributed by atoms with van der Waals surface area (Å²) in [4.78, 5) is 0. The lowest BCUT2D eigenvalue weighted by molar-refractivity contribution is 0.366. The maximum Gasteiger partial charge on any atom is 0.165 e. The van der Waals surface area contributed by atoms with E-state index in [4.69, 9.17) is 4.74 Å². The number of benzene rings is 1. The first-order chi connectivity index (χ1) is 8.74. The van der Waals surface area contributed by atoms with Gasteiger partial charge in [0.1, 0.15) is 0 Å². The predicted octanol–water partition coefficient (Wildman–Crippen LogP) is 3.08. The number of hydrogen-bond acceptors (Lipinski definition) is 2. The fourth-order valence-electron chi connectivity index (χ4n) is 2.66. The molecule has 1 heterocycles. The van der Waals surface area contributed by atoms with Gasteiger partial charge in [0.05, 0.1) is 7.11 Å². The highest BCUT2D eigenvalue weighted by Crippen LogP contribution is 2.27. The van der Waals surface area contributed by atoms with Crippen LogP contribution in [0.1, 0.15) is 37.3 Å². The normalized spacial score (nSPS) is 19.8. The van der Waals surface area contributed by atoms with E-state index in [1.54, 1.807) is 13.2 Å². The number of aryl methyl sites for hydroxylation is 1. The van der Waals surface area contributed by atoms with Gasteiger partial charge in [0, 0.05) is 6.04 Å². The summed E-state index contributed by atoms with van der Waals surface area (Å²) in [7, 11) is 1.54. The molecular weight excluding hydrogens is 229 g/mol. The zero-order valence-electron chi connectivity index (χ0n) is 11.3. The molecule has 1 aliphatic heterocycles. The van der Waals surface area contributed by atoms with Crippen molar-refractivity contribution in [3.63, 3.8) is 0 Å². The third-order valence-corrected chi connectivity index (χ3v) is 3.67. The molecule has 1 aromatic rings. The van der Waals surface area contributed by atoms with Crippen molar-refractivity contribution in [1.29, 1.82) is 0 Å². The Morgan fingerprint density at radius 3 is 2.83 bits per heavy atom. The van der Waals surface area contributed by atoms with Crippen LogP contribution < -0.4 is 10.1 Å². The number of nitrogens with one attached hydrogen (secondary N) is 1. The second kappa shape index (κ2) is 6.19. The Morgan fingerprint density at radius 1 is 1.39 bits per heavy atom. The van der Waals surface area contributed by atoms with Crippen molar-refractivity contribution in [2.75, 3.05) is 13.7 Å². The van der Waals surface area contributed by atoms with Crippen molar-refractivity contribution in [3.8, 4) is 5.75 Å². The molecule has 1 atom stereocenters. The molecule has 2 nitrogen and oxygen atoms in total. The first kappa shape index (κ1) is 13.3. The molecule has 3 heteroatoms. The van der Waals surface area contributed by atoms with Gasteiger partial charge >= 0.3 is 0 Å². The van der Waals surface area contributed by atoms with Gasteiger partial charge in [0.15, 0.2) is 11.6 Å². The maximum absolute atomic E-state index is 13.9. The van der Waals surface area contributed by atoms with Crippen molar-refractivity contribution < 1.29 is 9.13 Å². The average molecular weight is 251 g/mol. The minimum absolute atomic E-state index is 0.234. The first-order valence-corrected chi connectivity index (χ1v) is 6.83. The van der Waals surface area contributed by atoms with E-state index in [0.29, 0.717) is 11.8 Å². The zero-order chi connectivity index (χ0) is 13.0. The number of piperidine rings is 1. The zero-order valence-corrected chi connectivity index (χ0v) is 11.3. The Bertz CT molecular complexity index is 400. The van der Waals surface area contributed by atoms with Gasteiger partial charge < -0.3 is 10.1 Å². The number of halogens is 1. The summed E-state index contributed by atoms with van der Waals surface area (Å²) in [5.74, 6) is 0.183. The standard InChI is InChI=1S/C15H22FNO/c1-3-11-8-12(15(18-2)14(16)9-11)10-13-6-4-5-7-17-13/h8-9,13,17H,3-7,10H2,1-2H3. The minimum atomic E-state index is -0.234. The summed E-state index contributed by atoms with van der Waals surface area (Å²) in [5, 5.41) is 3.50. The second-order valence-electron chi connectivity index (χ2n) is 4.97. The van der Waals surface area contributed by atoms with Gasteiger partial charge in [-0.2, -0.15) is 0 Å². The van der Waals surface area contributed by atoms with Crippen LogP contribution in [0.3, 0.4) is 0 Å². The van der Waals surface area contributed by atoms with Crippen LogP contribution in [0.4, 0.5) is 4.39 Å². The Kier molecular flexibility index (Phi) is 4.59.